The fourth-order valence-corrected chi connectivity index (χ4v) is 4.91. The van der Waals surface area contributed by atoms with Gasteiger partial charge in [0.25, 0.3) is 0 Å². The number of rotatable bonds is 17. The van der Waals surface area contributed by atoms with Gasteiger partial charge in [0.1, 0.15) is 12.1 Å². The molecule has 6 N–H and O–H groups in total. The normalized spacial score (nSPS) is 15.3. The van der Waals surface area contributed by atoms with Gasteiger partial charge in [-0.2, -0.15) is 0 Å². The van der Waals surface area contributed by atoms with Crippen LogP contribution in [0.4, 0.5) is 4.79 Å². The van der Waals surface area contributed by atoms with E-state index in [9.17, 15) is 34.5 Å². The van der Waals surface area contributed by atoms with Gasteiger partial charge in [0.2, 0.25) is 17.7 Å². The van der Waals surface area contributed by atoms with Crippen molar-refractivity contribution >= 4 is 23.8 Å². The SMILES string of the molecule is CC(C)[C@H](NC(=O)[C@H](C)C[C@H](O)[C@H](Cc1ccccc1)NC(=O)[C@H](C)N(Cc1ccccc1)C(=O)O)C(=O)N[C@H](CO)C(C)C. The van der Waals surface area contributed by atoms with E-state index in [1.54, 1.807) is 45.0 Å². The molecule has 11 heteroatoms. The third-order valence-corrected chi connectivity index (χ3v) is 8.00. The fourth-order valence-electron chi connectivity index (χ4n) is 4.91. The molecule has 0 fully saturated rings. The molecule has 0 aliphatic rings. The topological polar surface area (TPSA) is 168 Å². The van der Waals surface area contributed by atoms with E-state index in [4.69, 9.17) is 0 Å². The predicted molar refractivity (Wildman–Crippen MR) is 172 cm³/mol. The Labute approximate surface area is 266 Å². The van der Waals surface area contributed by atoms with E-state index in [1.165, 1.54) is 6.92 Å². The first-order valence-electron chi connectivity index (χ1n) is 15.5. The van der Waals surface area contributed by atoms with Crippen molar-refractivity contribution in [1.29, 1.82) is 0 Å². The Morgan fingerprint density at radius 1 is 0.711 bits per heavy atom. The lowest BCUT2D eigenvalue weighted by Gasteiger charge is -2.31. The minimum atomic E-state index is -1.26. The molecule has 0 bridgehead atoms. The van der Waals surface area contributed by atoms with Gasteiger partial charge in [-0.15, -0.1) is 0 Å². The van der Waals surface area contributed by atoms with Crippen molar-refractivity contribution in [1.82, 2.24) is 20.9 Å². The van der Waals surface area contributed by atoms with Crippen molar-refractivity contribution < 1.29 is 34.5 Å². The number of aliphatic hydroxyl groups is 2. The Kier molecular flexibility index (Phi) is 15.0. The molecule has 0 aromatic heterocycles. The molecule has 0 aliphatic carbocycles. The Bertz CT molecular complexity index is 1230. The fraction of sp³-hybridized carbons (Fsp3) is 0.529. The average molecular weight is 627 g/mol. The Morgan fingerprint density at radius 3 is 1.73 bits per heavy atom. The van der Waals surface area contributed by atoms with Gasteiger partial charge in [0.15, 0.2) is 0 Å². The summed E-state index contributed by atoms with van der Waals surface area (Å²) in [4.78, 5) is 52.7. The summed E-state index contributed by atoms with van der Waals surface area (Å²) in [6, 6.07) is 15.0. The van der Waals surface area contributed by atoms with Gasteiger partial charge in [-0.25, -0.2) is 4.79 Å². The second kappa shape index (κ2) is 18.1. The van der Waals surface area contributed by atoms with E-state index in [0.29, 0.717) is 0 Å². The molecule has 0 spiro atoms. The van der Waals surface area contributed by atoms with Crippen LogP contribution in [0.25, 0.3) is 0 Å². The molecule has 2 rings (SSSR count). The predicted octanol–water partition coefficient (Wildman–Crippen LogP) is 2.94. The monoisotopic (exact) mass is 626 g/mol. The number of amides is 4. The maximum atomic E-state index is 13.4. The smallest absolute Gasteiger partial charge is 0.408 e. The van der Waals surface area contributed by atoms with Crippen molar-refractivity contribution in [3.63, 3.8) is 0 Å². The van der Waals surface area contributed by atoms with Crippen LogP contribution >= 0.6 is 0 Å². The maximum absolute atomic E-state index is 13.4. The van der Waals surface area contributed by atoms with Crippen LogP contribution < -0.4 is 16.0 Å². The van der Waals surface area contributed by atoms with Crippen molar-refractivity contribution in [3.05, 3.63) is 71.8 Å². The van der Waals surface area contributed by atoms with Crippen LogP contribution in [0.3, 0.4) is 0 Å². The summed E-state index contributed by atoms with van der Waals surface area (Å²) in [6.07, 6.45) is -2.20. The van der Waals surface area contributed by atoms with Gasteiger partial charge in [0.05, 0.1) is 24.8 Å². The highest BCUT2D eigenvalue weighted by Gasteiger charge is 2.33. The van der Waals surface area contributed by atoms with E-state index < -0.39 is 60.0 Å². The molecule has 0 unspecified atom stereocenters. The van der Waals surface area contributed by atoms with Crippen molar-refractivity contribution in [2.75, 3.05) is 6.61 Å². The van der Waals surface area contributed by atoms with Gasteiger partial charge < -0.3 is 31.3 Å². The summed E-state index contributed by atoms with van der Waals surface area (Å²) < 4.78 is 0. The van der Waals surface area contributed by atoms with Crippen molar-refractivity contribution in [2.24, 2.45) is 17.8 Å². The zero-order valence-electron chi connectivity index (χ0n) is 27.1. The lowest BCUT2D eigenvalue weighted by molar-refractivity contribution is -0.133. The summed E-state index contributed by atoms with van der Waals surface area (Å²) in [6.45, 7) is 10.3. The Hall–Kier alpha value is -3.96. The third kappa shape index (κ3) is 11.8. The van der Waals surface area contributed by atoms with Crippen LogP contribution in [0.2, 0.25) is 0 Å². The van der Waals surface area contributed by atoms with E-state index in [2.05, 4.69) is 16.0 Å². The minimum absolute atomic E-state index is 0.00284. The Balaban J connectivity index is 2.17. The number of benzene rings is 2. The van der Waals surface area contributed by atoms with Crippen LogP contribution in [-0.4, -0.2) is 80.9 Å². The number of carbonyl (C=O) groups excluding carboxylic acids is 3. The highest BCUT2D eigenvalue weighted by Crippen LogP contribution is 2.17. The number of carboxylic acid groups (broad SMARTS) is 1. The molecule has 248 valence electrons. The van der Waals surface area contributed by atoms with E-state index in [-0.39, 0.29) is 37.8 Å². The molecule has 0 saturated carbocycles. The standard InChI is InChI=1S/C34H50N4O7/c1-21(2)28(20-39)36-33(43)30(22(3)4)37-31(41)23(5)17-29(40)27(18-25-13-9-7-10-14-25)35-32(42)24(6)38(34(44)45)19-26-15-11-8-12-16-26/h7-16,21-24,27-30,39-40H,17-20H2,1-6H3,(H,35,42)(H,36,43)(H,37,41)(H,44,45)/t23-,24+,27+,28-,29+,30+/m1/s1. The highest BCUT2D eigenvalue weighted by molar-refractivity contribution is 5.89. The molecule has 0 aliphatic heterocycles. The first-order valence-corrected chi connectivity index (χ1v) is 15.5. The maximum Gasteiger partial charge on any atom is 0.408 e. The summed E-state index contributed by atoms with van der Waals surface area (Å²) >= 11 is 0. The zero-order chi connectivity index (χ0) is 33.7. The van der Waals surface area contributed by atoms with Crippen molar-refractivity contribution in [2.45, 2.75) is 91.2 Å². The number of nitrogens with zero attached hydrogens (tertiary/aromatic N) is 1. The second-order valence-electron chi connectivity index (χ2n) is 12.4. The van der Waals surface area contributed by atoms with Gasteiger partial charge in [-0.05, 0) is 42.7 Å². The average Bonchev–Trinajstić information content (AvgIpc) is 3.00. The molecule has 45 heavy (non-hydrogen) atoms. The van der Waals surface area contributed by atoms with Crippen LogP contribution in [0.5, 0.6) is 0 Å². The summed E-state index contributed by atoms with van der Waals surface area (Å²) in [5, 5.41) is 39.2. The molecule has 6 atom stereocenters. The van der Waals surface area contributed by atoms with Crippen LogP contribution in [0, 0.1) is 17.8 Å². The minimum Gasteiger partial charge on any atom is -0.465 e. The largest absolute Gasteiger partial charge is 0.465 e. The first kappa shape index (κ1) is 37.2. The molecule has 0 radical (unpaired) electrons. The van der Waals surface area contributed by atoms with Gasteiger partial charge >= 0.3 is 6.09 Å². The van der Waals surface area contributed by atoms with E-state index >= 15 is 0 Å². The molecule has 4 amide bonds. The Morgan fingerprint density at radius 2 is 1.24 bits per heavy atom. The van der Waals surface area contributed by atoms with E-state index in [0.717, 1.165) is 16.0 Å². The third-order valence-electron chi connectivity index (χ3n) is 8.00. The molecule has 11 nitrogen and oxygen atoms in total. The molecule has 0 saturated heterocycles. The van der Waals surface area contributed by atoms with Gasteiger partial charge in [-0.3, -0.25) is 19.3 Å². The summed E-state index contributed by atoms with van der Waals surface area (Å²) in [7, 11) is 0. The zero-order valence-corrected chi connectivity index (χ0v) is 27.1. The lowest BCUT2D eigenvalue weighted by atomic mass is 9.92. The number of aliphatic hydroxyl groups excluding tert-OH is 2. The van der Waals surface area contributed by atoms with E-state index in [1.807, 2.05) is 50.2 Å². The number of nitrogens with one attached hydrogen (secondary N) is 3. The lowest BCUT2D eigenvalue weighted by Crippen LogP contribution is -2.55. The van der Waals surface area contributed by atoms with Crippen LogP contribution in [0.1, 0.15) is 59.1 Å². The molecular formula is C34H50N4O7. The molecule has 0 heterocycles. The van der Waals surface area contributed by atoms with Gasteiger partial charge in [0, 0.05) is 12.5 Å². The number of hydrogen-bond donors (Lipinski definition) is 6. The second-order valence-corrected chi connectivity index (χ2v) is 12.4. The molecular weight excluding hydrogens is 576 g/mol. The summed E-state index contributed by atoms with van der Waals surface area (Å²) in [5.74, 6) is -2.39. The molecule has 2 aromatic rings. The summed E-state index contributed by atoms with van der Waals surface area (Å²) in [5.41, 5.74) is 1.57. The number of carbonyl (C=O) groups is 4. The van der Waals surface area contributed by atoms with Crippen LogP contribution in [0.15, 0.2) is 60.7 Å². The van der Waals surface area contributed by atoms with Gasteiger partial charge in [-0.1, -0.05) is 95.3 Å². The van der Waals surface area contributed by atoms with Crippen molar-refractivity contribution in [3.8, 4) is 0 Å². The first-order chi connectivity index (χ1) is 21.2. The molecule has 2 aromatic carbocycles. The highest BCUT2D eigenvalue weighted by atomic mass is 16.4. The number of hydrogen-bond acceptors (Lipinski definition) is 6. The quantitative estimate of drug-likeness (QED) is 0.157. The van der Waals surface area contributed by atoms with Crippen LogP contribution in [-0.2, 0) is 27.3 Å².